The molecule has 3 aromatic rings. The summed E-state index contributed by atoms with van der Waals surface area (Å²) in [7, 11) is 0. The monoisotopic (exact) mass is 469 g/mol. The summed E-state index contributed by atoms with van der Waals surface area (Å²) in [6.07, 6.45) is 2.87. The summed E-state index contributed by atoms with van der Waals surface area (Å²) in [6.45, 7) is 5.21. The van der Waals surface area contributed by atoms with Gasteiger partial charge in [-0.25, -0.2) is 4.98 Å². The molecule has 0 radical (unpaired) electrons. The second-order valence-corrected chi connectivity index (χ2v) is 8.17. The van der Waals surface area contributed by atoms with Gasteiger partial charge >= 0.3 is 0 Å². The van der Waals surface area contributed by atoms with Gasteiger partial charge in [-0.05, 0) is 37.5 Å². The number of carbonyl (C=O) groups is 1. The SMILES string of the molecule is CCCCOc1ccc(CCC(=O)Nc2nc(-c3cccc([N+](=O)[O-])c3)cs2)cc1OCC. The first-order valence-electron chi connectivity index (χ1n) is 10.9. The van der Waals surface area contributed by atoms with E-state index in [4.69, 9.17) is 9.47 Å². The largest absolute Gasteiger partial charge is 0.490 e. The van der Waals surface area contributed by atoms with Gasteiger partial charge in [0.2, 0.25) is 5.91 Å². The lowest BCUT2D eigenvalue weighted by Crippen LogP contribution is -2.12. The molecular formula is C24H27N3O5S. The molecule has 174 valence electrons. The minimum absolute atomic E-state index is 0.000658. The van der Waals surface area contributed by atoms with E-state index in [1.165, 1.54) is 23.5 Å². The van der Waals surface area contributed by atoms with Crippen LogP contribution in [0.2, 0.25) is 0 Å². The number of nitrogens with one attached hydrogen (secondary N) is 1. The van der Waals surface area contributed by atoms with Crippen molar-refractivity contribution in [3.05, 3.63) is 63.5 Å². The fraction of sp³-hybridized carbons (Fsp3) is 0.333. The number of nitro benzene ring substituents is 1. The lowest BCUT2D eigenvalue weighted by atomic mass is 10.1. The van der Waals surface area contributed by atoms with Crippen molar-refractivity contribution in [2.75, 3.05) is 18.5 Å². The van der Waals surface area contributed by atoms with Crippen molar-refractivity contribution in [1.29, 1.82) is 0 Å². The Hall–Kier alpha value is -3.46. The van der Waals surface area contributed by atoms with Crippen LogP contribution in [-0.4, -0.2) is 29.0 Å². The van der Waals surface area contributed by atoms with E-state index in [1.807, 2.05) is 25.1 Å². The Labute approximate surface area is 196 Å². The van der Waals surface area contributed by atoms with E-state index in [0.29, 0.717) is 41.8 Å². The number of nitrogens with zero attached hydrogens (tertiary/aromatic N) is 2. The molecule has 2 aromatic carbocycles. The maximum absolute atomic E-state index is 12.4. The first kappa shape index (κ1) is 24.2. The molecule has 0 fully saturated rings. The van der Waals surface area contributed by atoms with Crippen LogP contribution in [0.25, 0.3) is 11.3 Å². The Morgan fingerprint density at radius 2 is 2.00 bits per heavy atom. The predicted octanol–water partition coefficient (Wildman–Crippen LogP) is 5.87. The summed E-state index contributed by atoms with van der Waals surface area (Å²) in [5.41, 5.74) is 2.19. The van der Waals surface area contributed by atoms with E-state index in [1.54, 1.807) is 17.5 Å². The number of ether oxygens (including phenoxy) is 2. The Morgan fingerprint density at radius 3 is 2.76 bits per heavy atom. The summed E-state index contributed by atoms with van der Waals surface area (Å²) < 4.78 is 11.5. The molecule has 9 heteroatoms. The third-order valence-corrected chi connectivity index (χ3v) is 5.57. The fourth-order valence-corrected chi connectivity index (χ4v) is 3.84. The maximum atomic E-state index is 12.4. The van der Waals surface area contributed by atoms with Gasteiger partial charge in [-0.15, -0.1) is 11.3 Å². The average molecular weight is 470 g/mol. The van der Waals surface area contributed by atoms with E-state index in [0.717, 1.165) is 24.2 Å². The first-order chi connectivity index (χ1) is 16.0. The van der Waals surface area contributed by atoms with Crippen molar-refractivity contribution in [3.63, 3.8) is 0 Å². The lowest BCUT2D eigenvalue weighted by molar-refractivity contribution is -0.384. The minimum atomic E-state index is -0.445. The van der Waals surface area contributed by atoms with Crippen LogP contribution < -0.4 is 14.8 Å². The Morgan fingerprint density at radius 1 is 1.15 bits per heavy atom. The van der Waals surface area contributed by atoms with E-state index < -0.39 is 4.92 Å². The molecule has 0 spiro atoms. The number of aryl methyl sites for hydroxylation is 1. The molecular weight excluding hydrogens is 442 g/mol. The van der Waals surface area contributed by atoms with Crippen LogP contribution in [0.3, 0.4) is 0 Å². The number of benzene rings is 2. The van der Waals surface area contributed by atoms with Crippen LogP contribution in [0.1, 0.15) is 38.7 Å². The van der Waals surface area contributed by atoms with Crippen molar-refractivity contribution >= 4 is 28.1 Å². The quantitative estimate of drug-likeness (QED) is 0.202. The zero-order valence-electron chi connectivity index (χ0n) is 18.7. The van der Waals surface area contributed by atoms with Gasteiger partial charge in [-0.1, -0.05) is 31.5 Å². The van der Waals surface area contributed by atoms with Crippen LogP contribution in [0.5, 0.6) is 11.5 Å². The van der Waals surface area contributed by atoms with Gasteiger partial charge in [0, 0.05) is 29.5 Å². The topological polar surface area (TPSA) is 104 Å². The minimum Gasteiger partial charge on any atom is -0.490 e. The first-order valence-corrected chi connectivity index (χ1v) is 11.8. The molecule has 33 heavy (non-hydrogen) atoms. The predicted molar refractivity (Wildman–Crippen MR) is 129 cm³/mol. The number of rotatable bonds is 12. The van der Waals surface area contributed by atoms with Crippen LogP contribution in [-0.2, 0) is 11.2 Å². The molecule has 0 saturated heterocycles. The number of aromatic nitrogens is 1. The summed E-state index contributed by atoms with van der Waals surface area (Å²) in [6, 6.07) is 12.0. The molecule has 0 saturated carbocycles. The molecule has 0 aliphatic heterocycles. The molecule has 1 N–H and O–H groups in total. The van der Waals surface area contributed by atoms with Crippen molar-refractivity contribution < 1.29 is 19.2 Å². The highest BCUT2D eigenvalue weighted by molar-refractivity contribution is 7.14. The third kappa shape index (κ3) is 7.01. The molecule has 1 amide bonds. The number of thiazole rings is 1. The molecule has 0 aliphatic carbocycles. The Bertz CT molecular complexity index is 1100. The van der Waals surface area contributed by atoms with E-state index in [2.05, 4.69) is 17.2 Å². The summed E-state index contributed by atoms with van der Waals surface area (Å²) in [5.74, 6) is 1.25. The fourth-order valence-electron chi connectivity index (χ4n) is 3.10. The molecule has 3 rings (SSSR count). The van der Waals surface area contributed by atoms with Gasteiger partial charge < -0.3 is 14.8 Å². The summed E-state index contributed by atoms with van der Waals surface area (Å²) >= 11 is 1.28. The number of hydrogen-bond donors (Lipinski definition) is 1. The third-order valence-electron chi connectivity index (χ3n) is 4.81. The van der Waals surface area contributed by atoms with Crippen molar-refractivity contribution in [2.24, 2.45) is 0 Å². The standard InChI is InChI=1S/C24H27N3O5S/c1-3-5-13-32-21-11-9-17(14-22(21)31-4-2)10-12-23(28)26-24-25-20(16-33-24)18-7-6-8-19(15-18)27(29)30/h6-9,11,14-16H,3-5,10,12-13H2,1-2H3,(H,25,26,28). The van der Waals surface area contributed by atoms with E-state index in [-0.39, 0.29) is 18.0 Å². The van der Waals surface area contributed by atoms with Gasteiger partial charge in [-0.2, -0.15) is 0 Å². The highest BCUT2D eigenvalue weighted by atomic mass is 32.1. The van der Waals surface area contributed by atoms with Gasteiger partial charge in [-0.3, -0.25) is 14.9 Å². The van der Waals surface area contributed by atoms with Crippen molar-refractivity contribution in [2.45, 2.75) is 39.5 Å². The summed E-state index contributed by atoms with van der Waals surface area (Å²) in [5, 5.41) is 16.0. The Kier molecular flexibility index (Phi) is 8.77. The van der Waals surface area contributed by atoms with E-state index >= 15 is 0 Å². The van der Waals surface area contributed by atoms with Gasteiger partial charge in [0.05, 0.1) is 23.8 Å². The van der Waals surface area contributed by atoms with Gasteiger partial charge in [0.1, 0.15) is 0 Å². The molecule has 8 nitrogen and oxygen atoms in total. The highest BCUT2D eigenvalue weighted by Gasteiger charge is 2.12. The zero-order valence-corrected chi connectivity index (χ0v) is 19.5. The van der Waals surface area contributed by atoms with Crippen molar-refractivity contribution in [3.8, 4) is 22.8 Å². The number of unbranched alkanes of at least 4 members (excludes halogenated alkanes) is 1. The van der Waals surface area contributed by atoms with Crippen LogP contribution in [0, 0.1) is 10.1 Å². The molecule has 1 aromatic heterocycles. The average Bonchev–Trinajstić information content (AvgIpc) is 3.27. The number of carbonyl (C=O) groups excluding carboxylic acids is 1. The molecule has 0 atom stereocenters. The number of amides is 1. The van der Waals surface area contributed by atoms with Gasteiger partial charge in [0.15, 0.2) is 16.6 Å². The van der Waals surface area contributed by atoms with Crippen LogP contribution >= 0.6 is 11.3 Å². The number of non-ortho nitro benzene ring substituents is 1. The second-order valence-electron chi connectivity index (χ2n) is 7.31. The van der Waals surface area contributed by atoms with Crippen LogP contribution in [0.15, 0.2) is 47.8 Å². The number of anilines is 1. The normalized spacial score (nSPS) is 10.6. The zero-order chi connectivity index (χ0) is 23.6. The smallest absolute Gasteiger partial charge is 0.270 e. The van der Waals surface area contributed by atoms with Crippen molar-refractivity contribution in [1.82, 2.24) is 4.98 Å². The van der Waals surface area contributed by atoms with Crippen LogP contribution in [0.4, 0.5) is 10.8 Å². The lowest BCUT2D eigenvalue weighted by Gasteiger charge is -2.13. The van der Waals surface area contributed by atoms with E-state index in [9.17, 15) is 14.9 Å². The second kappa shape index (κ2) is 12.0. The summed E-state index contributed by atoms with van der Waals surface area (Å²) in [4.78, 5) is 27.4. The number of nitro groups is 1. The molecule has 0 aliphatic rings. The Balaban J connectivity index is 1.58. The molecule has 0 unspecified atom stereocenters. The number of hydrogen-bond acceptors (Lipinski definition) is 7. The molecule has 0 bridgehead atoms. The van der Waals surface area contributed by atoms with Gasteiger partial charge in [0.25, 0.3) is 5.69 Å². The maximum Gasteiger partial charge on any atom is 0.270 e. The molecule has 1 heterocycles. The highest BCUT2D eigenvalue weighted by Crippen LogP contribution is 2.30.